The highest BCUT2D eigenvalue weighted by Crippen LogP contribution is 2.12. The number of aromatic nitrogens is 1. The van der Waals surface area contributed by atoms with Gasteiger partial charge in [-0.25, -0.2) is 4.98 Å². The minimum Gasteiger partial charge on any atom is -0.335 e. The second kappa shape index (κ2) is 6.21. The minimum atomic E-state index is -0.0513. The molecule has 0 bridgehead atoms. The van der Waals surface area contributed by atoms with Crippen molar-refractivity contribution < 1.29 is 4.79 Å². The topological polar surface area (TPSA) is 33.2 Å². The molecular formula is C11H14BrClN2O. The standard InChI is InChI=1S/C11H14BrClN2O/c1-8(2)15(11(16)6-13)7-9-3-4-14-10(12)5-9/h3-5,8H,6-7H2,1-2H3. The van der Waals surface area contributed by atoms with Gasteiger partial charge in [0.25, 0.3) is 0 Å². The molecule has 0 radical (unpaired) electrons. The van der Waals surface area contributed by atoms with E-state index in [0.29, 0.717) is 6.54 Å². The lowest BCUT2D eigenvalue weighted by molar-refractivity contribution is -0.130. The van der Waals surface area contributed by atoms with Crippen LogP contribution in [0.25, 0.3) is 0 Å². The highest BCUT2D eigenvalue weighted by atomic mass is 79.9. The predicted molar refractivity (Wildman–Crippen MR) is 68.3 cm³/mol. The Morgan fingerprint density at radius 2 is 2.31 bits per heavy atom. The van der Waals surface area contributed by atoms with Crippen molar-refractivity contribution >= 4 is 33.4 Å². The summed E-state index contributed by atoms with van der Waals surface area (Å²) < 4.78 is 0.770. The zero-order valence-corrected chi connectivity index (χ0v) is 11.6. The molecule has 88 valence electrons. The summed E-state index contributed by atoms with van der Waals surface area (Å²) >= 11 is 8.88. The summed E-state index contributed by atoms with van der Waals surface area (Å²) in [6, 6.07) is 3.93. The Bertz CT molecular complexity index is 371. The smallest absolute Gasteiger partial charge is 0.238 e. The number of hydrogen-bond acceptors (Lipinski definition) is 2. The fourth-order valence-corrected chi connectivity index (χ4v) is 1.94. The van der Waals surface area contributed by atoms with Crippen LogP contribution in [0, 0.1) is 0 Å². The summed E-state index contributed by atoms with van der Waals surface area (Å²) in [5.41, 5.74) is 1.04. The van der Waals surface area contributed by atoms with E-state index in [1.54, 1.807) is 11.1 Å². The van der Waals surface area contributed by atoms with Crippen molar-refractivity contribution in [2.75, 3.05) is 5.88 Å². The van der Waals surface area contributed by atoms with Crippen LogP contribution in [0.1, 0.15) is 19.4 Å². The van der Waals surface area contributed by atoms with Crippen molar-refractivity contribution in [3.8, 4) is 0 Å². The second-order valence-corrected chi connectivity index (χ2v) is 4.82. The van der Waals surface area contributed by atoms with E-state index in [1.165, 1.54) is 0 Å². The zero-order valence-electron chi connectivity index (χ0n) is 9.28. The number of hydrogen-bond donors (Lipinski definition) is 0. The highest BCUT2D eigenvalue weighted by Gasteiger charge is 2.16. The first kappa shape index (κ1) is 13.5. The second-order valence-electron chi connectivity index (χ2n) is 3.74. The van der Waals surface area contributed by atoms with Crippen LogP contribution in [-0.4, -0.2) is 27.7 Å². The monoisotopic (exact) mass is 304 g/mol. The molecule has 0 saturated carbocycles. The molecule has 0 fully saturated rings. The van der Waals surface area contributed by atoms with Crippen molar-refractivity contribution in [1.82, 2.24) is 9.88 Å². The van der Waals surface area contributed by atoms with E-state index in [1.807, 2.05) is 26.0 Å². The molecule has 1 aromatic heterocycles. The van der Waals surface area contributed by atoms with Gasteiger partial charge in [0.05, 0.1) is 0 Å². The Morgan fingerprint density at radius 1 is 1.62 bits per heavy atom. The molecule has 0 aliphatic heterocycles. The van der Waals surface area contributed by atoms with Crippen molar-refractivity contribution in [2.24, 2.45) is 0 Å². The Labute approximate surface area is 109 Å². The van der Waals surface area contributed by atoms with Crippen LogP contribution >= 0.6 is 27.5 Å². The summed E-state index contributed by atoms with van der Waals surface area (Å²) in [4.78, 5) is 17.4. The number of rotatable bonds is 4. The van der Waals surface area contributed by atoms with Gasteiger partial charge in [-0.2, -0.15) is 0 Å². The van der Waals surface area contributed by atoms with Crippen LogP contribution in [0.5, 0.6) is 0 Å². The van der Waals surface area contributed by atoms with Crippen LogP contribution in [0.2, 0.25) is 0 Å². The van der Waals surface area contributed by atoms with Crippen LogP contribution < -0.4 is 0 Å². The van der Waals surface area contributed by atoms with Gasteiger partial charge in [0.2, 0.25) is 5.91 Å². The van der Waals surface area contributed by atoms with Gasteiger partial charge in [0.15, 0.2) is 0 Å². The number of nitrogens with zero attached hydrogens (tertiary/aromatic N) is 2. The summed E-state index contributed by atoms with van der Waals surface area (Å²) in [6.45, 7) is 4.51. The molecule has 1 rings (SSSR count). The number of amides is 1. The number of pyridine rings is 1. The quantitative estimate of drug-likeness (QED) is 0.633. The Kier molecular flexibility index (Phi) is 5.22. The maximum Gasteiger partial charge on any atom is 0.238 e. The van der Waals surface area contributed by atoms with E-state index in [-0.39, 0.29) is 17.8 Å². The van der Waals surface area contributed by atoms with E-state index < -0.39 is 0 Å². The highest BCUT2D eigenvalue weighted by molar-refractivity contribution is 9.10. The Hall–Kier alpha value is -0.610. The van der Waals surface area contributed by atoms with Crippen LogP contribution in [0.15, 0.2) is 22.9 Å². The lowest BCUT2D eigenvalue weighted by atomic mass is 10.2. The van der Waals surface area contributed by atoms with Gasteiger partial charge in [-0.05, 0) is 47.5 Å². The first-order chi connectivity index (χ1) is 7.54. The molecule has 0 N–H and O–H groups in total. The number of carbonyl (C=O) groups is 1. The van der Waals surface area contributed by atoms with Crippen molar-refractivity contribution in [3.63, 3.8) is 0 Å². The molecule has 1 aromatic rings. The van der Waals surface area contributed by atoms with Gasteiger partial charge in [0.1, 0.15) is 10.5 Å². The lowest BCUT2D eigenvalue weighted by Crippen LogP contribution is -2.37. The molecule has 5 heteroatoms. The van der Waals surface area contributed by atoms with E-state index in [0.717, 1.165) is 10.2 Å². The minimum absolute atomic E-state index is 0.0183. The first-order valence-electron chi connectivity index (χ1n) is 5.00. The van der Waals surface area contributed by atoms with Gasteiger partial charge >= 0.3 is 0 Å². The van der Waals surface area contributed by atoms with E-state index in [2.05, 4.69) is 20.9 Å². The number of carbonyl (C=O) groups excluding carboxylic acids is 1. The molecule has 16 heavy (non-hydrogen) atoms. The first-order valence-corrected chi connectivity index (χ1v) is 6.33. The van der Waals surface area contributed by atoms with Gasteiger partial charge in [-0.3, -0.25) is 4.79 Å². The Balaban J connectivity index is 2.79. The fourth-order valence-electron chi connectivity index (χ4n) is 1.37. The SMILES string of the molecule is CC(C)N(Cc1ccnc(Br)c1)C(=O)CCl. The summed E-state index contributed by atoms with van der Waals surface area (Å²) in [5, 5.41) is 0. The Morgan fingerprint density at radius 3 is 2.81 bits per heavy atom. The van der Waals surface area contributed by atoms with Crippen LogP contribution in [-0.2, 0) is 11.3 Å². The molecule has 0 saturated heterocycles. The molecule has 0 unspecified atom stereocenters. The number of halogens is 2. The molecular weight excluding hydrogens is 291 g/mol. The largest absolute Gasteiger partial charge is 0.335 e. The van der Waals surface area contributed by atoms with Gasteiger partial charge in [0, 0.05) is 18.8 Å². The number of alkyl halides is 1. The third-order valence-corrected chi connectivity index (χ3v) is 2.86. The summed E-state index contributed by atoms with van der Waals surface area (Å²) in [7, 11) is 0. The molecule has 0 aromatic carbocycles. The third-order valence-electron chi connectivity index (χ3n) is 2.20. The maximum atomic E-state index is 11.6. The lowest BCUT2D eigenvalue weighted by Gasteiger charge is -2.26. The molecule has 3 nitrogen and oxygen atoms in total. The maximum absolute atomic E-state index is 11.6. The van der Waals surface area contributed by atoms with E-state index in [4.69, 9.17) is 11.6 Å². The normalized spacial score (nSPS) is 10.6. The predicted octanol–water partition coefficient (Wildman–Crippen LogP) is 2.82. The van der Waals surface area contributed by atoms with Crippen molar-refractivity contribution in [2.45, 2.75) is 26.4 Å². The molecule has 1 amide bonds. The van der Waals surface area contributed by atoms with Crippen LogP contribution in [0.4, 0.5) is 0 Å². The van der Waals surface area contributed by atoms with Crippen molar-refractivity contribution in [3.05, 3.63) is 28.5 Å². The van der Waals surface area contributed by atoms with Gasteiger partial charge in [-0.15, -0.1) is 11.6 Å². The van der Waals surface area contributed by atoms with E-state index >= 15 is 0 Å². The molecule has 0 aliphatic carbocycles. The molecule has 0 atom stereocenters. The van der Waals surface area contributed by atoms with E-state index in [9.17, 15) is 4.79 Å². The van der Waals surface area contributed by atoms with Crippen LogP contribution in [0.3, 0.4) is 0 Å². The summed E-state index contributed by atoms with van der Waals surface area (Å²) in [6.07, 6.45) is 1.71. The molecule has 0 spiro atoms. The summed E-state index contributed by atoms with van der Waals surface area (Å²) in [5.74, 6) is -0.0330. The fraction of sp³-hybridized carbons (Fsp3) is 0.455. The zero-order chi connectivity index (χ0) is 12.1. The average Bonchev–Trinajstić information content (AvgIpc) is 2.24. The molecule has 0 aliphatic rings. The molecule has 1 heterocycles. The third kappa shape index (κ3) is 3.76. The average molecular weight is 306 g/mol. The van der Waals surface area contributed by atoms with Gasteiger partial charge in [-0.1, -0.05) is 0 Å². The van der Waals surface area contributed by atoms with Gasteiger partial charge < -0.3 is 4.90 Å². The van der Waals surface area contributed by atoms with Crippen molar-refractivity contribution in [1.29, 1.82) is 0 Å².